The maximum absolute atomic E-state index is 12.1. The van der Waals surface area contributed by atoms with Gasteiger partial charge in [0.05, 0.1) is 6.54 Å². The summed E-state index contributed by atoms with van der Waals surface area (Å²) in [5.74, 6) is 2.77. The maximum Gasteiger partial charge on any atom is 0.326 e. The zero-order valence-electron chi connectivity index (χ0n) is 12.8. The number of urea groups is 1. The third-order valence-corrected chi connectivity index (χ3v) is 3.05. The van der Waals surface area contributed by atoms with Crippen LogP contribution in [0.3, 0.4) is 0 Å². The van der Waals surface area contributed by atoms with Crippen LogP contribution in [0, 0.1) is 12.3 Å². The van der Waals surface area contributed by atoms with Gasteiger partial charge < -0.3 is 10.6 Å². The number of benzene rings is 1. The Bertz CT molecular complexity index is 536. The van der Waals surface area contributed by atoms with Crippen LogP contribution < -0.4 is 16.0 Å². The minimum absolute atomic E-state index is 0.304. The van der Waals surface area contributed by atoms with Crippen molar-refractivity contribution < 1.29 is 4.79 Å². The number of anilines is 1. The summed E-state index contributed by atoms with van der Waals surface area (Å²) < 4.78 is 0. The van der Waals surface area contributed by atoms with Crippen molar-refractivity contribution in [3.8, 4) is 12.3 Å². The Morgan fingerprint density at radius 2 is 1.90 bits per heavy atom. The minimum Gasteiger partial charge on any atom is -0.345 e. The van der Waals surface area contributed by atoms with E-state index in [0.29, 0.717) is 12.5 Å². The topological polar surface area (TPSA) is 65.5 Å². The molecular weight excluding hydrogens is 264 g/mol. The number of nitrogens with one attached hydrogen (secondary N) is 3. The van der Waals surface area contributed by atoms with E-state index in [1.54, 1.807) is 7.05 Å². The van der Waals surface area contributed by atoms with Gasteiger partial charge in [-0.3, -0.25) is 10.3 Å². The Morgan fingerprint density at radius 3 is 2.38 bits per heavy atom. The lowest BCUT2D eigenvalue weighted by Crippen LogP contribution is -2.43. The van der Waals surface area contributed by atoms with Gasteiger partial charge in [0, 0.05) is 12.7 Å². The van der Waals surface area contributed by atoms with Crippen molar-refractivity contribution in [3.63, 3.8) is 0 Å². The van der Waals surface area contributed by atoms with Gasteiger partial charge in [-0.05, 0) is 24.0 Å². The summed E-state index contributed by atoms with van der Waals surface area (Å²) in [5, 5.41) is 8.38. The summed E-state index contributed by atoms with van der Waals surface area (Å²) >= 11 is 0. The van der Waals surface area contributed by atoms with Gasteiger partial charge in [0.2, 0.25) is 0 Å². The molecule has 0 aliphatic rings. The van der Waals surface area contributed by atoms with Crippen molar-refractivity contribution in [2.75, 3.05) is 18.9 Å². The minimum atomic E-state index is -0.337. The van der Waals surface area contributed by atoms with E-state index in [4.69, 9.17) is 6.42 Å². The molecule has 0 aromatic heterocycles. The van der Waals surface area contributed by atoms with Crippen LogP contribution in [0.15, 0.2) is 23.2 Å². The highest BCUT2D eigenvalue weighted by molar-refractivity contribution is 6.03. The first kappa shape index (κ1) is 16.6. The Labute approximate surface area is 126 Å². The molecule has 2 amide bonds. The van der Waals surface area contributed by atoms with Gasteiger partial charge in [0.15, 0.2) is 5.96 Å². The second kappa shape index (κ2) is 8.64. The number of hydrogen-bond acceptors (Lipinski definition) is 2. The molecule has 0 fully saturated rings. The number of terminal acetylenes is 1. The number of guanidine groups is 1. The van der Waals surface area contributed by atoms with E-state index >= 15 is 0 Å². The smallest absolute Gasteiger partial charge is 0.326 e. The number of rotatable bonds is 4. The molecule has 5 nitrogen and oxygen atoms in total. The number of aliphatic imine (C=N–C) groups is 1. The van der Waals surface area contributed by atoms with Gasteiger partial charge >= 0.3 is 6.03 Å². The highest BCUT2D eigenvalue weighted by Crippen LogP contribution is 2.22. The first-order valence-corrected chi connectivity index (χ1v) is 6.99. The number of amides is 2. The van der Waals surface area contributed by atoms with Crippen LogP contribution in [0.5, 0.6) is 0 Å². The molecule has 3 N–H and O–H groups in total. The Balaban J connectivity index is 2.81. The number of aryl methyl sites for hydroxylation is 2. The molecule has 1 rings (SSSR count). The second-order valence-corrected chi connectivity index (χ2v) is 4.37. The van der Waals surface area contributed by atoms with Crippen LogP contribution in [-0.4, -0.2) is 25.6 Å². The summed E-state index contributed by atoms with van der Waals surface area (Å²) in [4.78, 5) is 16.0. The first-order chi connectivity index (χ1) is 10.2. The van der Waals surface area contributed by atoms with Crippen LogP contribution in [-0.2, 0) is 12.8 Å². The lowest BCUT2D eigenvalue weighted by Gasteiger charge is -2.15. The lowest BCUT2D eigenvalue weighted by atomic mass is 10.0. The van der Waals surface area contributed by atoms with E-state index in [1.165, 1.54) is 0 Å². The van der Waals surface area contributed by atoms with E-state index in [2.05, 4.69) is 40.7 Å². The monoisotopic (exact) mass is 286 g/mol. The van der Waals surface area contributed by atoms with Gasteiger partial charge in [-0.1, -0.05) is 38.0 Å². The van der Waals surface area contributed by atoms with Gasteiger partial charge in [-0.15, -0.1) is 6.42 Å². The van der Waals surface area contributed by atoms with Crippen molar-refractivity contribution in [2.45, 2.75) is 26.7 Å². The SMILES string of the molecule is C#CCNC(=NC)NC(=O)Nc1c(CC)cccc1CC. The van der Waals surface area contributed by atoms with E-state index < -0.39 is 0 Å². The second-order valence-electron chi connectivity index (χ2n) is 4.37. The molecule has 1 aromatic carbocycles. The van der Waals surface area contributed by atoms with Gasteiger partial charge in [-0.2, -0.15) is 0 Å². The van der Waals surface area contributed by atoms with Crippen molar-refractivity contribution in [1.29, 1.82) is 0 Å². The third kappa shape index (κ3) is 4.84. The number of para-hydroxylation sites is 1. The Kier molecular flexibility index (Phi) is 6.82. The highest BCUT2D eigenvalue weighted by atomic mass is 16.2. The Morgan fingerprint density at radius 1 is 1.29 bits per heavy atom. The number of carbonyl (C=O) groups excluding carboxylic acids is 1. The average Bonchev–Trinajstić information content (AvgIpc) is 2.51. The molecule has 21 heavy (non-hydrogen) atoms. The summed E-state index contributed by atoms with van der Waals surface area (Å²) in [6.45, 7) is 4.43. The number of carbonyl (C=O) groups is 1. The fraction of sp³-hybridized carbons (Fsp3) is 0.375. The van der Waals surface area contributed by atoms with Crippen molar-refractivity contribution in [3.05, 3.63) is 29.3 Å². The standard InChI is InChI=1S/C16H22N4O/c1-5-11-18-15(17-4)20-16(21)19-14-12(6-2)9-8-10-13(14)7-3/h1,8-10H,6-7,11H2,2-4H3,(H3,17,18,19,20,21). The molecule has 0 spiro atoms. The molecular formula is C16H22N4O. The van der Waals surface area contributed by atoms with Crippen LogP contribution in [0.4, 0.5) is 10.5 Å². The molecule has 0 heterocycles. The van der Waals surface area contributed by atoms with E-state index in [1.807, 2.05) is 18.2 Å². The van der Waals surface area contributed by atoms with Crippen LogP contribution in [0.2, 0.25) is 0 Å². The van der Waals surface area contributed by atoms with Gasteiger partial charge in [-0.25, -0.2) is 4.79 Å². The predicted molar refractivity (Wildman–Crippen MR) is 87.5 cm³/mol. The third-order valence-electron chi connectivity index (χ3n) is 3.05. The predicted octanol–water partition coefficient (Wildman–Crippen LogP) is 2.14. The van der Waals surface area contributed by atoms with Crippen LogP contribution in [0.25, 0.3) is 0 Å². The summed E-state index contributed by atoms with van der Waals surface area (Å²) in [6.07, 6.45) is 6.88. The molecule has 0 radical (unpaired) electrons. The van der Waals surface area contributed by atoms with E-state index in [0.717, 1.165) is 29.7 Å². The highest BCUT2D eigenvalue weighted by Gasteiger charge is 2.11. The van der Waals surface area contributed by atoms with Crippen molar-refractivity contribution in [1.82, 2.24) is 10.6 Å². The quantitative estimate of drug-likeness (QED) is 0.451. The molecule has 0 aliphatic carbocycles. The molecule has 0 unspecified atom stereocenters. The normalized spacial score (nSPS) is 10.7. The number of hydrogen-bond donors (Lipinski definition) is 3. The average molecular weight is 286 g/mol. The summed E-state index contributed by atoms with van der Waals surface area (Å²) in [6, 6.07) is 5.70. The largest absolute Gasteiger partial charge is 0.345 e. The maximum atomic E-state index is 12.1. The zero-order valence-corrected chi connectivity index (χ0v) is 12.8. The first-order valence-electron chi connectivity index (χ1n) is 6.99. The van der Waals surface area contributed by atoms with Crippen LogP contribution in [0.1, 0.15) is 25.0 Å². The molecule has 0 bridgehead atoms. The van der Waals surface area contributed by atoms with Crippen LogP contribution >= 0.6 is 0 Å². The fourth-order valence-corrected chi connectivity index (χ4v) is 1.97. The zero-order chi connectivity index (χ0) is 15.7. The fourth-order valence-electron chi connectivity index (χ4n) is 1.97. The van der Waals surface area contributed by atoms with Gasteiger partial charge in [0.1, 0.15) is 0 Å². The molecule has 5 heteroatoms. The molecule has 0 saturated heterocycles. The van der Waals surface area contributed by atoms with E-state index in [9.17, 15) is 4.79 Å². The summed E-state index contributed by atoms with van der Waals surface area (Å²) in [5.41, 5.74) is 3.08. The lowest BCUT2D eigenvalue weighted by molar-refractivity contribution is 0.256. The van der Waals surface area contributed by atoms with Crippen molar-refractivity contribution in [2.24, 2.45) is 4.99 Å². The van der Waals surface area contributed by atoms with Gasteiger partial charge in [0.25, 0.3) is 0 Å². The number of nitrogens with zero attached hydrogens (tertiary/aromatic N) is 1. The van der Waals surface area contributed by atoms with E-state index in [-0.39, 0.29) is 6.03 Å². The summed E-state index contributed by atoms with van der Waals surface area (Å²) in [7, 11) is 1.58. The Hall–Kier alpha value is -2.48. The molecule has 0 aliphatic heterocycles. The molecule has 112 valence electrons. The molecule has 0 saturated carbocycles. The van der Waals surface area contributed by atoms with Crippen molar-refractivity contribution >= 4 is 17.7 Å². The molecule has 0 atom stereocenters. The molecule has 1 aromatic rings.